The van der Waals surface area contributed by atoms with E-state index in [1.165, 1.54) is 23.4 Å². The molecule has 0 bridgehead atoms. The Morgan fingerprint density at radius 3 is 2.94 bits per heavy atom. The van der Waals surface area contributed by atoms with Gasteiger partial charge in [0, 0.05) is 12.7 Å². The molecule has 1 saturated heterocycles. The van der Waals surface area contributed by atoms with Crippen molar-refractivity contribution in [1.29, 1.82) is 0 Å². The molecule has 0 spiro atoms. The second-order valence-corrected chi connectivity index (χ2v) is 7.08. The van der Waals surface area contributed by atoms with Crippen molar-refractivity contribution in [2.24, 2.45) is 0 Å². The van der Waals surface area contributed by atoms with Crippen LogP contribution in [-0.4, -0.2) is 64.0 Å². The van der Waals surface area contributed by atoms with Gasteiger partial charge in [0.1, 0.15) is 19.5 Å². The molecule has 1 aliphatic heterocycles. The van der Waals surface area contributed by atoms with E-state index in [1.54, 1.807) is 19.2 Å². The van der Waals surface area contributed by atoms with Crippen molar-refractivity contribution in [3.05, 3.63) is 30.9 Å². The third-order valence-electron chi connectivity index (χ3n) is 4.79. The van der Waals surface area contributed by atoms with E-state index >= 15 is 0 Å². The van der Waals surface area contributed by atoms with Crippen molar-refractivity contribution in [3.63, 3.8) is 0 Å². The number of aromatic nitrogens is 4. The maximum atomic E-state index is 10.8. The highest BCUT2D eigenvalue weighted by atomic mass is 16.7. The van der Waals surface area contributed by atoms with Gasteiger partial charge in [-0.05, 0) is 25.3 Å². The number of carboxylic acids is 1. The fourth-order valence-electron chi connectivity index (χ4n) is 3.30. The monoisotopic (exact) mass is 444 g/mol. The van der Waals surface area contributed by atoms with E-state index in [1.807, 2.05) is 0 Å². The average Bonchev–Trinajstić information content (AvgIpc) is 3.23. The van der Waals surface area contributed by atoms with Gasteiger partial charge in [-0.2, -0.15) is 5.10 Å². The largest absolute Gasteiger partial charge is 0.493 e. The lowest BCUT2D eigenvalue weighted by Gasteiger charge is -2.22. The maximum absolute atomic E-state index is 10.8. The summed E-state index contributed by atoms with van der Waals surface area (Å²) in [5, 5.41) is 13.4. The van der Waals surface area contributed by atoms with Crippen molar-refractivity contribution in [1.82, 2.24) is 19.7 Å². The van der Waals surface area contributed by atoms with Gasteiger partial charge in [0.05, 0.1) is 37.0 Å². The number of rotatable bonds is 10. The normalized spacial score (nSPS) is 16.1. The molecule has 0 aliphatic carbocycles. The van der Waals surface area contributed by atoms with E-state index in [2.05, 4.69) is 15.1 Å². The molecule has 1 N–H and O–H groups in total. The summed E-state index contributed by atoms with van der Waals surface area (Å²) in [7, 11) is 1.54. The van der Waals surface area contributed by atoms with Gasteiger partial charge >= 0.3 is 5.97 Å². The number of benzene rings is 1. The first-order valence-electron chi connectivity index (χ1n) is 10.2. The van der Waals surface area contributed by atoms with Crippen LogP contribution in [0.15, 0.2) is 30.9 Å². The maximum Gasteiger partial charge on any atom is 0.325 e. The number of carbonyl (C=O) groups is 1. The third-order valence-corrected chi connectivity index (χ3v) is 4.79. The molecule has 11 nitrogen and oxygen atoms in total. The van der Waals surface area contributed by atoms with Gasteiger partial charge in [-0.15, -0.1) is 0 Å². The highest BCUT2D eigenvalue weighted by Crippen LogP contribution is 2.36. The van der Waals surface area contributed by atoms with Crippen LogP contribution in [-0.2, 0) is 20.8 Å². The summed E-state index contributed by atoms with van der Waals surface area (Å²) in [6.45, 7) is 1.19. The summed E-state index contributed by atoms with van der Waals surface area (Å²) in [6, 6.07) is 3.47. The highest BCUT2D eigenvalue weighted by molar-refractivity contribution is 5.87. The van der Waals surface area contributed by atoms with Crippen molar-refractivity contribution in [3.8, 4) is 23.1 Å². The minimum atomic E-state index is -0.999. The Hall–Kier alpha value is -3.44. The van der Waals surface area contributed by atoms with Crippen LogP contribution in [0.3, 0.4) is 0 Å². The molecule has 1 aromatic carbocycles. The molecular weight excluding hydrogens is 420 g/mol. The summed E-state index contributed by atoms with van der Waals surface area (Å²) in [4.78, 5) is 19.3. The fourth-order valence-corrected chi connectivity index (χ4v) is 3.30. The zero-order valence-corrected chi connectivity index (χ0v) is 17.6. The van der Waals surface area contributed by atoms with Crippen LogP contribution < -0.4 is 14.2 Å². The molecule has 0 radical (unpaired) electrons. The van der Waals surface area contributed by atoms with Gasteiger partial charge in [0.25, 0.3) is 0 Å². The molecule has 0 saturated carbocycles. The number of methoxy groups -OCH3 is 1. The van der Waals surface area contributed by atoms with Crippen LogP contribution in [0, 0.1) is 0 Å². The van der Waals surface area contributed by atoms with Gasteiger partial charge in [-0.1, -0.05) is 0 Å². The number of aliphatic carboxylic acids is 1. The molecule has 170 valence electrons. The molecule has 3 aromatic rings. The van der Waals surface area contributed by atoms with Gasteiger partial charge in [0.15, 0.2) is 23.5 Å². The summed E-state index contributed by atoms with van der Waals surface area (Å²) in [5.74, 6) is 0.654. The van der Waals surface area contributed by atoms with Crippen LogP contribution in [0.2, 0.25) is 0 Å². The number of ether oxygens (including phenoxy) is 5. The first kappa shape index (κ1) is 21.8. The number of nitrogens with zero attached hydrogens (tertiary/aromatic N) is 4. The predicted molar refractivity (Wildman–Crippen MR) is 111 cm³/mol. The second kappa shape index (κ2) is 10.2. The van der Waals surface area contributed by atoms with E-state index in [0.29, 0.717) is 41.4 Å². The predicted octanol–water partition coefficient (Wildman–Crippen LogP) is 2.63. The summed E-state index contributed by atoms with van der Waals surface area (Å²) < 4.78 is 29.6. The molecule has 1 aliphatic rings. The van der Waals surface area contributed by atoms with Crippen molar-refractivity contribution in [2.75, 3.05) is 26.9 Å². The Morgan fingerprint density at radius 1 is 1.25 bits per heavy atom. The Labute approximate surface area is 183 Å². The van der Waals surface area contributed by atoms with E-state index in [0.717, 1.165) is 25.9 Å². The molecule has 32 heavy (non-hydrogen) atoms. The average molecular weight is 444 g/mol. The molecule has 4 rings (SSSR count). The van der Waals surface area contributed by atoms with Gasteiger partial charge in [-0.25, -0.2) is 9.97 Å². The topological polar surface area (TPSA) is 127 Å². The number of hydrogen-bond acceptors (Lipinski definition) is 9. The van der Waals surface area contributed by atoms with E-state index in [-0.39, 0.29) is 18.7 Å². The van der Waals surface area contributed by atoms with Crippen LogP contribution in [0.25, 0.3) is 10.9 Å². The molecule has 1 fully saturated rings. The zero-order chi connectivity index (χ0) is 22.3. The Balaban J connectivity index is 1.45. The van der Waals surface area contributed by atoms with Gasteiger partial charge < -0.3 is 28.8 Å². The first-order valence-corrected chi connectivity index (χ1v) is 10.2. The van der Waals surface area contributed by atoms with Crippen molar-refractivity contribution in [2.45, 2.75) is 32.1 Å². The minimum Gasteiger partial charge on any atom is -0.493 e. The highest BCUT2D eigenvalue weighted by Gasteiger charge is 2.16. The molecular formula is C21H24N4O7. The number of carboxylic acid groups (broad SMARTS) is 1. The number of hydrogen-bond donors (Lipinski definition) is 1. The van der Waals surface area contributed by atoms with Crippen LogP contribution >= 0.6 is 0 Å². The molecule has 0 amide bonds. The summed E-state index contributed by atoms with van der Waals surface area (Å²) in [5.41, 5.74) is 0.597. The van der Waals surface area contributed by atoms with Crippen LogP contribution in [0.1, 0.15) is 19.3 Å². The van der Waals surface area contributed by atoms with E-state index in [9.17, 15) is 4.79 Å². The molecule has 11 heteroatoms. The first-order chi connectivity index (χ1) is 15.6. The third kappa shape index (κ3) is 5.42. The molecule has 2 aromatic heterocycles. The quantitative estimate of drug-likeness (QED) is 0.466. The SMILES string of the molecule is COc1cc2c(Oc3cnn(CC(=O)O)c3)ncnc2cc1OCCOC1CCCCO1. The Bertz CT molecular complexity index is 1070. The van der Waals surface area contributed by atoms with Gasteiger partial charge in [0.2, 0.25) is 5.88 Å². The van der Waals surface area contributed by atoms with Crippen molar-refractivity contribution >= 4 is 16.9 Å². The standard InChI is InChI=1S/C21H24N4O7/c1-28-17-8-15-16(9-18(17)29-6-7-31-20-4-2-3-5-30-20)22-13-23-21(15)32-14-10-24-25(11-14)12-19(26)27/h8-11,13,20H,2-7,12H2,1H3,(H,26,27). The molecule has 1 atom stereocenters. The number of fused-ring (bicyclic) bond motifs is 1. The minimum absolute atomic E-state index is 0.168. The van der Waals surface area contributed by atoms with Crippen LogP contribution in [0.4, 0.5) is 0 Å². The van der Waals surface area contributed by atoms with Gasteiger partial charge in [-0.3, -0.25) is 9.48 Å². The zero-order valence-electron chi connectivity index (χ0n) is 17.6. The second-order valence-electron chi connectivity index (χ2n) is 7.08. The van der Waals surface area contributed by atoms with Crippen LogP contribution in [0.5, 0.6) is 23.1 Å². The smallest absolute Gasteiger partial charge is 0.325 e. The lowest BCUT2D eigenvalue weighted by Crippen LogP contribution is -2.24. The Kier molecular flexibility index (Phi) is 6.97. The summed E-state index contributed by atoms with van der Waals surface area (Å²) >= 11 is 0. The van der Waals surface area contributed by atoms with Crippen molar-refractivity contribution < 1.29 is 33.6 Å². The van der Waals surface area contributed by atoms with E-state index < -0.39 is 5.97 Å². The molecule has 3 heterocycles. The molecule has 1 unspecified atom stereocenters. The van der Waals surface area contributed by atoms with E-state index in [4.69, 9.17) is 28.8 Å². The summed E-state index contributed by atoms with van der Waals surface area (Å²) in [6.07, 6.45) is 7.18. The Morgan fingerprint density at radius 2 is 2.16 bits per heavy atom. The lowest BCUT2D eigenvalue weighted by molar-refractivity contribution is -0.165. The fraction of sp³-hybridized carbons (Fsp3) is 0.429. The lowest BCUT2D eigenvalue weighted by atomic mass is 10.2.